The zero-order valence-corrected chi connectivity index (χ0v) is 11.3. The Morgan fingerprint density at radius 2 is 2.00 bits per heavy atom. The molecular weight excluding hydrogens is 272 g/mol. The Morgan fingerprint density at radius 3 is 2.75 bits per heavy atom. The molecule has 1 aromatic carbocycles. The number of carbonyl (C=O) groups is 1. The Labute approximate surface area is 118 Å². The van der Waals surface area contributed by atoms with E-state index in [-0.39, 0.29) is 5.56 Å². The second kappa shape index (κ2) is 4.90. The number of benzene rings is 1. The van der Waals surface area contributed by atoms with Crippen molar-refractivity contribution in [3.8, 4) is 0 Å². The molecule has 0 spiro atoms. The van der Waals surface area contributed by atoms with E-state index in [0.717, 1.165) is 5.56 Å². The van der Waals surface area contributed by atoms with Crippen LogP contribution in [0.15, 0.2) is 62.9 Å². The molecule has 0 saturated carbocycles. The maximum atomic E-state index is 12.4. The van der Waals surface area contributed by atoms with Gasteiger partial charge in [0.2, 0.25) is 0 Å². The summed E-state index contributed by atoms with van der Waals surface area (Å²) in [5.41, 5.74) is 0.876. The lowest BCUT2D eigenvalue weighted by atomic mass is 10.0. The van der Waals surface area contributed by atoms with Gasteiger partial charge in [-0.3, -0.25) is 4.79 Å². The van der Waals surface area contributed by atoms with E-state index >= 15 is 0 Å². The summed E-state index contributed by atoms with van der Waals surface area (Å²) in [5, 5.41) is 4.40. The molecule has 0 atom stereocenters. The minimum Gasteiger partial charge on any atom is -0.422 e. The van der Waals surface area contributed by atoms with Crippen LogP contribution in [0.4, 0.5) is 0 Å². The molecular formula is C16H10O3S. The summed E-state index contributed by atoms with van der Waals surface area (Å²) in [5.74, 6) is -0.400. The molecule has 4 heteroatoms. The minimum absolute atomic E-state index is 0.0138. The van der Waals surface area contributed by atoms with Crippen LogP contribution >= 0.6 is 11.3 Å². The van der Waals surface area contributed by atoms with Crippen LogP contribution in [0, 0.1) is 0 Å². The van der Waals surface area contributed by atoms with Gasteiger partial charge in [0.1, 0.15) is 11.1 Å². The molecule has 2 heterocycles. The van der Waals surface area contributed by atoms with Gasteiger partial charge in [-0.15, -0.1) is 0 Å². The Morgan fingerprint density at radius 1 is 1.20 bits per heavy atom. The molecule has 3 aromatic rings. The van der Waals surface area contributed by atoms with Crippen molar-refractivity contribution in [1.82, 2.24) is 0 Å². The second-order valence-corrected chi connectivity index (χ2v) is 5.09. The summed E-state index contributed by atoms with van der Waals surface area (Å²) in [6.45, 7) is 3.77. The molecule has 0 radical (unpaired) electrons. The molecule has 0 aliphatic carbocycles. The normalized spacial score (nSPS) is 10.6. The molecule has 0 unspecified atom stereocenters. The first-order valence-electron chi connectivity index (χ1n) is 5.96. The predicted octanol–water partition coefficient (Wildman–Crippen LogP) is 3.75. The first kappa shape index (κ1) is 12.6. The van der Waals surface area contributed by atoms with Crippen molar-refractivity contribution in [2.75, 3.05) is 0 Å². The van der Waals surface area contributed by atoms with Crippen LogP contribution in [0.5, 0.6) is 0 Å². The summed E-state index contributed by atoms with van der Waals surface area (Å²) in [7, 11) is 0. The van der Waals surface area contributed by atoms with E-state index in [4.69, 9.17) is 4.42 Å². The molecule has 20 heavy (non-hydrogen) atoms. The molecule has 0 bridgehead atoms. The number of Topliss-reactive ketones (excluding diaryl/α,β-unsaturated/α-hetero) is 1. The lowest BCUT2D eigenvalue weighted by Gasteiger charge is -2.03. The van der Waals surface area contributed by atoms with Gasteiger partial charge in [-0.25, -0.2) is 4.79 Å². The van der Waals surface area contributed by atoms with Gasteiger partial charge in [0.05, 0.1) is 0 Å². The third kappa shape index (κ3) is 2.10. The van der Waals surface area contributed by atoms with E-state index in [2.05, 4.69) is 6.58 Å². The van der Waals surface area contributed by atoms with Crippen LogP contribution in [-0.4, -0.2) is 5.78 Å². The van der Waals surface area contributed by atoms with Gasteiger partial charge >= 0.3 is 5.63 Å². The first-order valence-corrected chi connectivity index (χ1v) is 6.90. The number of allylic oxidation sites excluding steroid dienone is 1. The van der Waals surface area contributed by atoms with Crippen LogP contribution in [0.2, 0.25) is 0 Å². The average molecular weight is 282 g/mol. The van der Waals surface area contributed by atoms with Gasteiger partial charge < -0.3 is 4.42 Å². The fourth-order valence-corrected chi connectivity index (χ4v) is 2.62. The monoisotopic (exact) mass is 282 g/mol. The second-order valence-electron chi connectivity index (χ2n) is 4.31. The van der Waals surface area contributed by atoms with E-state index in [1.165, 1.54) is 11.3 Å². The topological polar surface area (TPSA) is 47.3 Å². The number of hydrogen-bond acceptors (Lipinski definition) is 4. The highest BCUT2D eigenvalue weighted by molar-refractivity contribution is 7.08. The van der Waals surface area contributed by atoms with E-state index in [1.54, 1.807) is 30.3 Å². The quantitative estimate of drug-likeness (QED) is 0.417. The highest BCUT2D eigenvalue weighted by Gasteiger charge is 2.18. The zero-order chi connectivity index (χ0) is 14.1. The van der Waals surface area contributed by atoms with Gasteiger partial charge in [-0.2, -0.15) is 11.3 Å². The Balaban J connectivity index is 2.10. The van der Waals surface area contributed by atoms with E-state index in [0.29, 0.717) is 16.5 Å². The van der Waals surface area contributed by atoms with Crippen LogP contribution in [0.25, 0.3) is 16.5 Å². The van der Waals surface area contributed by atoms with Crippen molar-refractivity contribution in [2.45, 2.75) is 0 Å². The maximum Gasteiger partial charge on any atom is 0.347 e. The van der Waals surface area contributed by atoms with Crippen molar-refractivity contribution in [1.29, 1.82) is 0 Å². The van der Waals surface area contributed by atoms with Gasteiger partial charge in [0.25, 0.3) is 0 Å². The summed E-state index contributed by atoms with van der Waals surface area (Å²) in [6, 6.07) is 10.4. The van der Waals surface area contributed by atoms with Crippen LogP contribution in [0.1, 0.15) is 15.9 Å². The summed E-state index contributed by atoms with van der Waals surface area (Å²) in [4.78, 5) is 24.3. The van der Waals surface area contributed by atoms with Crippen molar-refractivity contribution in [2.24, 2.45) is 0 Å². The molecule has 0 aliphatic heterocycles. The number of fused-ring (bicyclic) bond motifs is 1. The third-order valence-electron chi connectivity index (χ3n) is 3.03. The molecule has 0 aliphatic rings. The van der Waals surface area contributed by atoms with Crippen molar-refractivity contribution >= 4 is 33.7 Å². The highest BCUT2D eigenvalue weighted by atomic mass is 32.1. The van der Waals surface area contributed by atoms with Crippen molar-refractivity contribution < 1.29 is 9.21 Å². The fourth-order valence-electron chi connectivity index (χ4n) is 1.95. The maximum absolute atomic E-state index is 12.4. The highest BCUT2D eigenvalue weighted by Crippen LogP contribution is 2.21. The van der Waals surface area contributed by atoms with Gasteiger partial charge in [-0.1, -0.05) is 24.8 Å². The van der Waals surface area contributed by atoms with E-state index in [1.807, 2.05) is 16.8 Å². The number of thiophene rings is 1. The number of carbonyl (C=O) groups excluding carboxylic acids is 1. The Hall–Kier alpha value is -2.46. The van der Waals surface area contributed by atoms with Crippen molar-refractivity contribution in [3.05, 3.63) is 75.3 Å². The third-order valence-corrected chi connectivity index (χ3v) is 3.71. The van der Waals surface area contributed by atoms with Gasteiger partial charge in [-0.05, 0) is 34.5 Å². The average Bonchev–Trinajstić information content (AvgIpc) is 2.99. The lowest BCUT2D eigenvalue weighted by molar-refractivity contribution is 0.105. The smallest absolute Gasteiger partial charge is 0.347 e. The number of hydrogen-bond donors (Lipinski definition) is 0. The van der Waals surface area contributed by atoms with E-state index < -0.39 is 11.4 Å². The molecule has 3 nitrogen and oxygen atoms in total. The zero-order valence-electron chi connectivity index (χ0n) is 10.5. The largest absolute Gasteiger partial charge is 0.422 e. The summed E-state index contributed by atoms with van der Waals surface area (Å²) in [6.07, 6.45) is 0. The lowest BCUT2D eigenvalue weighted by Crippen LogP contribution is -2.14. The first-order chi connectivity index (χ1) is 9.66. The van der Waals surface area contributed by atoms with Crippen LogP contribution < -0.4 is 5.63 Å². The Kier molecular flexibility index (Phi) is 3.08. The standard InChI is InChI=1S/C16H10O3S/c1-10(12-6-7-20-9-12)15(17)13-8-11-4-2-3-5-14(11)19-16(13)18/h2-9H,1H2. The Bertz CT molecular complexity index is 857. The number of ketones is 1. The predicted molar refractivity (Wildman–Crippen MR) is 80.2 cm³/mol. The van der Waals surface area contributed by atoms with Gasteiger partial charge in [0, 0.05) is 11.0 Å². The molecule has 0 saturated heterocycles. The molecule has 3 rings (SSSR count). The van der Waals surface area contributed by atoms with Crippen LogP contribution in [-0.2, 0) is 0 Å². The molecule has 0 fully saturated rings. The molecule has 2 aromatic heterocycles. The molecule has 0 N–H and O–H groups in total. The van der Waals surface area contributed by atoms with E-state index in [9.17, 15) is 9.59 Å². The van der Waals surface area contributed by atoms with Crippen molar-refractivity contribution in [3.63, 3.8) is 0 Å². The molecule has 98 valence electrons. The van der Waals surface area contributed by atoms with Crippen LogP contribution in [0.3, 0.4) is 0 Å². The number of para-hydroxylation sites is 1. The summed E-state index contributed by atoms with van der Waals surface area (Å²) >= 11 is 1.47. The molecule has 0 amide bonds. The fraction of sp³-hybridized carbons (Fsp3) is 0. The van der Waals surface area contributed by atoms with Gasteiger partial charge in [0.15, 0.2) is 5.78 Å². The summed E-state index contributed by atoms with van der Waals surface area (Å²) < 4.78 is 5.17. The number of rotatable bonds is 3. The minimum atomic E-state index is -0.634. The SMILES string of the molecule is C=C(C(=O)c1cc2ccccc2oc1=O)c1ccsc1.